The smallest absolute Gasteiger partial charge is 0.267 e. The van der Waals surface area contributed by atoms with Crippen LogP contribution in [0.5, 0.6) is 0 Å². The number of hydrogen-bond donors (Lipinski definition) is 1. The summed E-state index contributed by atoms with van der Waals surface area (Å²) in [4.78, 5) is 11.9. The molecule has 1 aromatic carbocycles. The summed E-state index contributed by atoms with van der Waals surface area (Å²) in [5, 5.41) is 4.31. The van der Waals surface area contributed by atoms with Gasteiger partial charge in [0.1, 0.15) is 0 Å². The van der Waals surface area contributed by atoms with E-state index in [4.69, 9.17) is 5.73 Å². The minimum Gasteiger partial charge on any atom is -0.326 e. The third-order valence-corrected chi connectivity index (χ3v) is 3.27. The van der Waals surface area contributed by atoms with E-state index in [1.165, 1.54) is 10.2 Å². The summed E-state index contributed by atoms with van der Waals surface area (Å²) in [5.74, 6) is 0. The van der Waals surface area contributed by atoms with Crippen molar-refractivity contribution >= 4 is 0 Å². The van der Waals surface area contributed by atoms with Crippen molar-refractivity contribution in [1.82, 2.24) is 9.78 Å². The quantitative estimate of drug-likeness (QED) is 0.905. The second-order valence-corrected chi connectivity index (χ2v) is 4.63. The van der Waals surface area contributed by atoms with E-state index in [1.807, 2.05) is 19.1 Å². The Bertz CT molecular complexity index is 614. The van der Waals surface area contributed by atoms with Gasteiger partial charge in [-0.05, 0) is 30.0 Å². The molecular formula is C15H19N3O. The van der Waals surface area contributed by atoms with E-state index in [9.17, 15) is 4.79 Å². The van der Waals surface area contributed by atoms with E-state index >= 15 is 0 Å². The van der Waals surface area contributed by atoms with Gasteiger partial charge in [-0.3, -0.25) is 4.79 Å². The molecule has 0 amide bonds. The maximum Gasteiger partial charge on any atom is 0.267 e. The topological polar surface area (TPSA) is 60.9 Å². The van der Waals surface area contributed by atoms with Gasteiger partial charge in [-0.1, -0.05) is 31.2 Å². The molecule has 2 N–H and O–H groups in total. The van der Waals surface area contributed by atoms with E-state index in [1.54, 1.807) is 6.07 Å². The molecule has 4 nitrogen and oxygen atoms in total. The Kier molecular flexibility index (Phi) is 4.12. The van der Waals surface area contributed by atoms with Gasteiger partial charge in [-0.25, -0.2) is 4.68 Å². The van der Waals surface area contributed by atoms with Gasteiger partial charge in [0.15, 0.2) is 0 Å². The molecule has 2 aromatic rings. The van der Waals surface area contributed by atoms with E-state index in [0.717, 1.165) is 23.2 Å². The van der Waals surface area contributed by atoms with Crippen LogP contribution in [0, 0.1) is 6.92 Å². The molecule has 4 heteroatoms. The summed E-state index contributed by atoms with van der Waals surface area (Å²) in [5.41, 5.74) is 9.45. The highest BCUT2D eigenvalue weighted by Crippen LogP contribution is 2.06. The van der Waals surface area contributed by atoms with E-state index in [2.05, 4.69) is 24.2 Å². The highest BCUT2D eigenvalue weighted by atomic mass is 16.1. The van der Waals surface area contributed by atoms with Crippen molar-refractivity contribution < 1.29 is 0 Å². The molecule has 2 rings (SSSR count). The first-order valence-corrected chi connectivity index (χ1v) is 6.49. The number of hydrogen-bond acceptors (Lipinski definition) is 3. The molecule has 1 aromatic heterocycles. The second-order valence-electron chi connectivity index (χ2n) is 4.63. The third kappa shape index (κ3) is 3.09. The van der Waals surface area contributed by atoms with Crippen molar-refractivity contribution in [2.75, 3.05) is 0 Å². The highest BCUT2D eigenvalue weighted by Gasteiger charge is 2.04. The summed E-state index contributed by atoms with van der Waals surface area (Å²) in [6, 6.07) is 9.82. The van der Waals surface area contributed by atoms with Gasteiger partial charge < -0.3 is 5.73 Å². The van der Waals surface area contributed by atoms with Crippen LogP contribution in [-0.2, 0) is 19.5 Å². The SMILES string of the molecule is CCc1ccc(Cn2nc(C)c(CN)cc2=O)cc1. The van der Waals surface area contributed by atoms with Crippen LogP contribution in [0.3, 0.4) is 0 Å². The molecule has 100 valence electrons. The molecule has 0 radical (unpaired) electrons. The Morgan fingerprint density at radius 2 is 1.84 bits per heavy atom. The first-order valence-electron chi connectivity index (χ1n) is 6.49. The van der Waals surface area contributed by atoms with Crippen LogP contribution in [0.15, 0.2) is 35.1 Å². The summed E-state index contributed by atoms with van der Waals surface area (Å²) >= 11 is 0. The number of benzene rings is 1. The van der Waals surface area contributed by atoms with Gasteiger partial charge in [0, 0.05) is 12.6 Å². The first kappa shape index (κ1) is 13.5. The van der Waals surface area contributed by atoms with Gasteiger partial charge in [0.2, 0.25) is 0 Å². The molecule has 0 aliphatic rings. The minimum atomic E-state index is -0.106. The van der Waals surface area contributed by atoms with Crippen molar-refractivity contribution in [1.29, 1.82) is 0 Å². The summed E-state index contributed by atoms with van der Waals surface area (Å²) in [6.07, 6.45) is 1.02. The van der Waals surface area contributed by atoms with Crippen molar-refractivity contribution in [3.05, 3.63) is 63.1 Å². The number of aromatic nitrogens is 2. The van der Waals surface area contributed by atoms with Crippen LogP contribution >= 0.6 is 0 Å². The normalized spacial score (nSPS) is 10.7. The number of rotatable bonds is 4. The predicted octanol–water partition coefficient (Wildman–Crippen LogP) is 1.62. The van der Waals surface area contributed by atoms with Crippen molar-refractivity contribution in [3.63, 3.8) is 0 Å². The number of aryl methyl sites for hydroxylation is 2. The molecule has 1 heterocycles. The van der Waals surface area contributed by atoms with E-state index in [0.29, 0.717) is 13.1 Å². The molecular weight excluding hydrogens is 238 g/mol. The maximum absolute atomic E-state index is 11.9. The first-order chi connectivity index (χ1) is 9.13. The number of nitrogens with two attached hydrogens (primary N) is 1. The van der Waals surface area contributed by atoms with Crippen LogP contribution in [0.4, 0.5) is 0 Å². The lowest BCUT2D eigenvalue weighted by molar-refractivity contribution is 0.622. The van der Waals surface area contributed by atoms with Crippen molar-refractivity contribution in [2.45, 2.75) is 33.4 Å². The maximum atomic E-state index is 11.9. The fraction of sp³-hybridized carbons (Fsp3) is 0.333. The van der Waals surface area contributed by atoms with Crippen molar-refractivity contribution in [3.8, 4) is 0 Å². The van der Waals surface area contributed by atoms with Gasteiger partial charge in [-0.15, -0.1) is 0 Å². The summed E-state index contributed by atoms with van der Waals surface area (Å²) < 4.78 is 1.48. The summed E-state index contributed by atoms with van der Waals surface area (Å²) in [6.45, 7) is 4.84. The Labute approximate surface area is 112 Å². The predicted molar refractivity (Wildman–Crippen MR) is 76.0 cm³/mol. The second kappa shape index (κ2) is 5.80. The Balaban J connectivity index is 2.27. The van der Waals surface area contributed by atoms with E-state index in [-0.39, 0.29) is 5.56 Å². The van der Waals surface area contributed by atoms with Crippen LogP contribution in [0.2, 0.25) is 0 Å². The largest absolute Gasteiger partial charge is 0.326 e. The molecule has 0 aliphatic carbocycles. The monoisotopic (exact) mass is 257 g/mol. The van der Waals surface area contributed by atoms with Crippen molar-refractivity contribution in [2.24, 2.45) is 5.73 Å². The molecule has 0 atom stereocenters. The zero-order valence-corrected chi connectivity index (χ0v) is 11.4. The van der Waals surface area contributed by atoms with Crippen LogP contribution in [0.25, 0.3) is 0 Å². The average Bonchev–Trinajstić information content (AvgIpc) is 2.43. The highest BCUT2D eigenvalue weighted by molar-refractivity contribution is 5.23. The van der Waals surface area contributed by atoms with Crippen LogP contribution in [0.1, 0.15) is 29.3 Å². The molecule has 0 spiro atoms. The average molecular weight is 257 g/mol. The minimum absolute atomic E-state index is 0.106. The molecule has 0 saturated carbocycles. The van der Waals surface area contributed by atoms with Gasteiger partial charge in [0.05, 0.1) is 12.2 Å². The molecule has 0 unspecified atom stereocenters. The lowest BCUT2D eigenvalue weighted by Gasteiger charge is -2.08. The Hall–Kier alpha value is -1.94. The van der Waals surface area contributed by atoms with Crippen LogP contribution < -0.4 is 11.3 Å². The molecule has 0 fully saturated rings. The van der Waals surface area contributed by atoms with E-state index < -0.39 is 0 Å². The van der Waals surface area contributed by atoms with Gasteiger partial charge in [0.25, 0.3) is 5.56 Å². The third-order valence-electron chi connectivity index (χ3n) is 3.27. The molecule has 0 aliphatic heterocycles. The van der Waals surface area contributed by atoms with Gasteiger partial charge >= 0.3 is 0 Å². The molecule has 0 saturated heterocycles. The van der Waals surface area contributed by atoms with Gasteiger partial charge in [-0.2, -0.15) is 5.10 Å². The molecule has 19 heavy (non-hydrogen) atoms. The lowest BCUT2D eigenvalue weighted by atomic mass is 10.1. The Morgan fingerprint density at radius 3 is 2.42 bits per heavy atom. The zero-order chi connectivity index (χ0) is 13.8. The van der Waals surface area contributed by atoms with Crippen LogP contribution in [-0.4, -0.2) is 9.78 Å². The molecule has 0 bridgehead atoms. The zero-order valence-electron chi connectivity index (χ0n) is 11.4. The number of nitrogens with zero attached hydrogens (tertiary/aromatic N) is 2. The fourth-order valence-corrected chi connectivity index (χ4v) is 2.00. The lowest BCUT2D eigenvalue weighted by Crippen LogP contribution is -2.25. The fourth-order valence-electron chi connectivity index (χ4n) is 2.00. The standard InChI is InChI=1S/C15H19N3O/c1-3-12-4-6-13(7-5-12)10-18-15(19)8-14(9-16)11(2)17-18/h4-8H,3,9-10,16H2,1-2H3. The Morgan fingerprint density at radius 1 is 1.21 bits per heavy atom. The summed E-state index contributed by atoms with van der Waals surface area (Å²) in [7, 11) is 0.